The van der Waals surface area contributed by atoms with Crippen LogP contribution >= 0.6 is 11.6 Å². The average molecular weight is 348 g/mol. The van der Waals surface area contributed by atoms with Crippen LogP contribution < -0.4 is 5.32 Å². The summed E-state index contributed by atoms with van der Waals surface area (Å²) in [7, 11) is -3.13. The van der Waals surface area contributed by atoms with Gasteiger partial charge >= 0.3 is 0 Å². The molecule has 1 aromatic carbocycles. The Hall–Kier alpha value is -1.14. The molecule has 1 fully saturated rings. The normalized spacial score (nSPS) is 21.8. The summed E-state index contributed by atoms with van der Waals surface area (Å²) in [5.74, 6) is -1.52. The Morgan fingerprint density at radius 1 is 1.41 bits per heavy atom. The Bertz CT molecular complexity index is 675. The fraction of sp³-hybridized carbons (Fsp3) is 0.533. The largest absolute Gasteiger partial charge is 0.349 e. The van der Waals surface area contributed by atoms with Crippen molar-refractivity contribution in [3.05, 3.63) is 34.6 Å². The molecular formula is C15H19ClFNO3S. The zero-order chi connectivity index (χ0) is 16.5. The van der Waals surface area contributed by atoms with Gasteiger partial charge in [-0.25, -0.2) is 12.8 Å². The van der Waals surface area contributed by atoms with E-state index in [4.69, 9.17) is 11.6 Å². The van der Waals surface area contributed by atoms with Crippen molar-refractivity contribution >= 4 is 27.3 Å². The summed E-state index contributed by atoms with van der Waals surface area (Å²) < 4.78 is 37.0. The maximum absolute atomic E-state index is 14.1. The lowest BCUT2D eigenvalue weighted by atomic mass is 9.94. The number of halogens is 2. The van der Waals surface area contributed by atoms with Crippen molar-refractivity contribution in [1.82, 2.24) is 5.32 Å². The van der Waals surface area contributed by atoms with Gasteiger partial charge in [0.1, 0.15) is 5.82 Å². The third-order valence-corrected chi connectivity index (χ3v) is 5.87. The molecule has 0 aliphatic carbocycles. The smallest absolute Gasteiger partial charge is 0.224 e. The molecule has 4 nitrogen and oxygen atoms in total. The van der Waals surface area contributed by atoms with E-state index < -0.39 is 27.6 Å². The fourth-order valence-electron chi connectivity index (χ4n) is 2.63. The summed E-state index contributed by atoms with van der Waals surface area (Å²) in [6, 6.07) is 3.81. The van der Waals surface area contributed by atoms with E-state index in [0.717, 1.165) is 0 Å². The van der Waals surface area contributed by atoms with Crippen molar-refractivity contribution in [3.63, 3.8) is 0 Å². The predicted octanol–water partition coefficient (Wildman–Crippen LogP) is 2.73. The Balaban J connectivity index is 2.17. The molecule has 1 aliphatic heterocycles. The molecule has 0 bridgehead atoms. The molecule has 0 radical (unpaired) electrons. The monoisotopic (exact) mass is 347 g/mol. The molecule has 1 aliphatic rings. The molecular weight excluding hydrogens is 329 g/mol. The molecule has 1 amide bonds. The SMILES string of the molecule is CC(C)[C@@H](NC(=O)[C@H]1CCS(=O)(=O)C1)c1ccc(Cl)cc1F. The standard InChI is InChI=1S/C15H19ClFNO3S/c1-9(2)14(12-4-3-11(16)7-13(12)17)18-15(19)10-5-6-22(20,21)8-10/h3-4,7,9-10,14H,5-6,8H2,1-2H3,(H,18,19)/t10-,14+/m0/s1. The van der Waals surface area contributed by atoms with E-state index in [0.29, 0.717) is 12.0 Å². The van der Waals surface area contributed by atoms with E-state index >= 15 is 0 Å². The highest BCUT2D eigenvalue weighted by molar-refractivity contribution is 7.91. The van der Waals surface area contributed by atoms with Gasteiger partial charge in [0.15, 0.2) is 9.84 Å². The fourth-order valence-corrected chi connectivity index (χ4v) is 4.53. The van der Waals surface area contributed by atoms with Crippen LogP contribution in [-0.2, 0) is 14.6 Å². The summed E-state index contributed by atoms with van der Waals surface area (Å²) in [5, 5.41) is 3.08. The Kier molecular flexibility index (Phi) is 5.12. The lowest BCUT2D eigenvalue weighted by Gasteiger charge is -2.25. The van der Waals surface area contributed by atoms with E-state index in [1.807, 2.05) is 13.8 Å². The van der Waals surface area contributed by atoms with E-state index in [9.17, 15) is 17.6 Å². The second-order valence-corrected chi connectivity index (χ2v) is 8.66. The van der Waals surface area contributed by atoms with Crippen LogP contribution in [0, 0.1) is 17.7 Å². The van der Waals surface area contributed by atoms with Crippen molar-refractivity contribution in [2.75, 3.05) is 11.5 Å². The van der Waals surface area contributed by atoms with E-state index in [1.165, 1.54) is 6.07 Å². The number of amides is 1. The van der Waals surface area contributed by atoms with Crippen LogP contribution in [0.5, 0.6) is 0 Å². The lowest BCUT2D eigenvalue weighted by molar-refractivity contribution is -0.125. The number of sulfone groups is 1. The predicted molar refractivity (Wildman–Crippen MR) is 83.9 cm³/mol. The van der Waals surface area contributed by atoms with Gasteiger partial charge in [0, 0.05) is 10.6 Å². The molecule has 1 N–H and O–H groups in total. The molecule has 0 aromatic heterocycles. The number of rotatable bonds is 4. The van der Waals surface area contributed by atoms with E-state index in [2.05, 4.69) is 5.32 Å². The van der Waals surface area contributed by atoms with Gasteiger partial charge in [0.05, 0.1) is 23.5 Å². The van der Waals surface area contributed by atoms with Gasteiger partial charge in [-0.1, -0.05) is 31.5 Å². The lowest BCUT2D eigenvalue weighted by Crippen LogP contribution is -2.37. The molecule has 122 valence electrons. The van der Waals surface area contributed by atoms with Crippen LogP contribution in [0.25, 0.3) is 0 Å². The number of nitrogens with one attached hydrogen (secondary N) is 1. The molecule has 0 saturated carbocycles. The molecule has 22 heavy (non-hydrogen) atoms. The highest BCUT2D eigenvalue weighted by atomic mass is 35.5. The summed E-state index contributed by atoms with van der Waals surface area (Å²) in [6.07, 6.45) is 0.322. The first-order chi connectivity index (χ1) is 10.2. The van der Waals surface area contributed by atoms with Crippen molar-refractivity contribution in [2.45, 2.75) is 26.3 Å². The Morgan fingerprint density at radius 3 is 2.59 bits per heavy atom. The third-order valence-electron chi connectivity index (χ3n) is 3.87. The highest BCUT2D eigenvalue weighted by Gasteiger charge is 2.34. The first-order valence-electron chi connectivity index (χ1n) is 7.15. The van der Waals surface area contributed by atoms with Crippen molar-refractivity contribution < 1.29 is 17.6 Å². The number of hydrogen-bond donors (Lipinski definition) is 1. The van der Waals surface area contributed by atoms with Crippen LogP contribution in [-0.4, -0.2) is 25.8 Å². The van der Waals surface area contributed by atoms with Gasteiger partial charge < -0.3 is 5.32 Å². The van der Waals surface area contributed by atoms with E-state index in [1.54, 1.807) is 12.1 Å². The van der Waals surface area contributed by atoms with Gasteiger partial charge in [-0.3, -0.25) is 4.79 Å². The van der Waals surface area contributed by atoms with Crippen molar-refractivity contribution in [3.8, 4) is 0 Å². The third kappa shape index (κ3) is 3.98. The van der Waals surface area contributed by atoms with Crippen LogP contribution in [0.2, 0.25) is 5.02 Å². The van der Waals surface area contributed by atoms with Gasteiger partial charge in [-0.05, 0) is 24.5 Å². The minimum Gasteiger partial charge on any atom is -0.349 e. The maximum atomic E-state index is 14.1. The highest BCUT2D eigenvalue weighted by Crippen LogP contribution is 2.28. The Labute approximate surface area is 135 Å². The van der Waals surface area contributed by atoms with Crippen LogP contribution in [0.15, 0.2) is 18.2 Å². The molecule has 2 rings (SSSR count). The maximum Gasteiger partial charge on any atom is 0.224 e. The topological polar surface area (TPSA) is 63.2 Å². The first-order valence-corrected chi connectivity index (χ1v) is 9.35. The summed E-state index contributed by atoms with van der Waals surface area (Å²) >= 11 is 5.75. The molecule has 0 spiro atoms. The minimum absolute atomic E-state index is 0.0345. The molecule has 7 heteroatoms. The Morgan fingerprint density at radius 2 is 2.09 bits per heavy atom. The second-order valence-electron chi connectivity index (χ2n) is 6.00. The van der Waals surface area contributed by atoms with E-state index in [-0.39, 0.29) is 28.4 Å². The molecule has 0 unspecified atom stereocenters. The number of carbonyl (C=O) groups excluding carboxylic acids is 1. The van der Waals surface area contributed by atoms with Crippen LogP contribution in [0.1, 0.15) is 31.9 Å². The van der Waals surface area contributed by atoms with Crippen molar-refractivity contribution in [1.29, 1.82) is 0 Å². The van der Waals surface area contributed by atoms with Crippen molar-refractivity contribution in [2.24, 2.45) is 11.8 Å². The summed E-state index contributed by atoms with van der Waals surface area (Å²) in [5.41, 5.74) is 0.355. The molecule has 1 heterocycles. The van der Waals surface area contributed by atoms with Crippen LogP contribution in [0.3, 0.4) is 0 Å². The van der Waals surface area contributed by atoms with Gasteiger partial charge in [0.25, 0.3) is 0 Å². The average Bonchev–Trinajstić information content (AvgIpc) is 2.77. The van der Waals surface area contributed by atoms with Crippen LogP contribution in [0.4, 0.5) is 4.39 Å². The van der Waals surface area contributed by atoms with Gasteiger partial charge in [0.2, 0.25) is 5.91 Å². The first kappa shape index (κ1) is 17.2. The second kappa shape index (κ2) is 6.54. The number of hydrogen-bond acceptors (Lipinski definition) is 3. The summed E-state index contributed by atoms with van der Waals surface area (Å²) in [6.45, 7) is 3.73. The number of carbonyl (C=O) groups is 1. The number of benzene rings is 1. The zero-order valence-electron chi connectivity index (χ0n) is 12.5. The molecule has 2 atom stereocenters. The van der Waals surface area contributed by atoms with Gasteiger partial charge in [-0.2, -0.15) is 0 Å². The minimum atomic E-state index is -3.13. The molecule has 1 aromatic rings. The summed E-state index contributed by atoms with van der Waals surface area (Å²) in [4.78, 5) is 12.3. The zero-order valence-corrected chi connectivity index (χ0v) is 14.0. The van der Waals surface area contributed by atoms with Gasteiger partial charge in [-0.15, -0.1) is 0 Å². The quantitative estimate of drug-likeness (QED) is 0.910. The molecule has 1 saturated heterocycles.